The van der Waals surface area contributed by atoms with Crippen LogP contribution >= 0.6 is 11.3 Å². The Morgan fingerprint density at radius 3 is 3.00 bits per heavy atom. The molecule has 98 valence electrons. The number of carbonyl (C=O) groups is 1. The molecule has 3 rings (SSSR count). The fraction of sp³-hybridized carbons (Fsp3) is 0.286. The first kappa shape index (κ1) is 12.2. The first-order valence-electron chi connectivity index (χ1n) is 6.21. The number of thiazole rings is 1. The second-order valence-electron chi connectivity index (χ2n) is 4.31. The van der Waals surface area contributed by atoms with Crippen LogP contribution in [0.5, 0.6) is 0 Å². The van der Waals surface area contributed by atoms with E-state index in [-0.39, 0.29) is 5.97 Å². The number of nitrogens with zero attached hydrogens (tertiary/aromatic N) is 2. The quantitative estimate of drug-likeness (QED) is 0.690. The summed E-state index contributed by atoms with van der Waals surface area (Å²) in [6.07, 6.45) is 0.321. The molecule has 0 atom stereocenters. The van der Waals surface area contributed by atoms with Crippen molar-refractivity contribution in [3.63, 3.8) is 0 Å². The molecule has 3 aromatic rings. The second-order valence-corrected chi connectivity index (χ2v) is 5.37. The third-order valence-electron chi connectivity index (χ3n) is 3.09. The zero-order valence-electron chi connectivity index (χ0n) is 10.8. The Morgan fingerprint density at radius 2 is 2.21 bits per heavy atom. The lowest BCUT2D eigenvalue weighted by atomic mass is 10.3. The van der Waals surface area contributed by atoms with Gasteiger partial charge in [0.25, 0.3) is 0 Å². The maximum atomic E-state index is 11.6. The van der Waals surface area contributed by atoms with E-state index in [0.717, 1.165) is 26.6 Å². The number of hydrogen-bond donors (Lipinski definition) is 0. The van der Waals surface area contributed by atoms with Gasteiger partial charge < -0.3 is 4.74 Å². The third-order valence-corrected chi connectivity index (χ3v) is 4.24. The third kappa shape index (κ3) is 2.00. The van der Waals surface area contributed by atoms with Crippen LogP contribution in [-0.4, -0.2) is 22.0 Å². The minimum absolute atomic E-state index is 0.181. The van der Waals surface area contributed by atoms with E-state index in [1.807, 2.05) is 38.1 Å². The van der Waals surface area contributed by atoms with E-state index in [9.17, 15) is 4.79 Å². The lowest BCUT2D eigenvalue weighted by Crippen LogP contribution is -2.07. The van der Waals surface area contributed by atoms with Crippen molar-refractivity contribution in [3.8, 4) is 0 Å². The van der Waals surface area contributed by atoms with Crippen molar-refractivity contribution >= 4 is 33.3 Å². The first-order chi connectivity index (χ1) is 9.20. The summed E-state index contributed by atoms with van der Waals surface area (Å²) in [6, 6.07) is 8.02. The van der Waals surface area contributed by atoms with Crippen molar-refractivity contribution in [2.45, 2.75) is 20.3 Å². The lowest BCUT2D eigenvalue weighted by molar-refractivity contribution is -0.142. The number of para-hydroxylation sites is 2. The largest absolute Gasteiger partial charge is 0.466 e. The molecule has 0 unspecified atom stereocenters. The molecule has 0 bridgehead atoms. The van der Waals surface area contributed by atoms with Crippen LogP contribution in [0.3, 0.4) is 0 Å². The number of hydrogen-bond acceptors (Lipinski definition) is 4. The highest BCUT2D eigenvalue weighted by molar-refractivity contribution is 7.17. The number of rotatable bonds is 3. The summed E-state index contributed by atoms with van der Waals surface area (Å²) in [5, 5.41) is 0. The molecule has 4 nitrogen and oxygen atoms in total. The van der Waals surface area contributed by atoms with Crippen molar-refractivity contribution in [1.82, 2.24) is 9.38 Å². The maximum Gasteiger partial charge on any atom is 0.311 e. The summed E-state index contributed by atoms with van der Waals surface area (Å²) in [5.41, 5.74) is 3.14. The van der Waals surface area contributed by atoms with Gasteiger partial charge in [0.2, 0.25) is 0 Å². The van der Waals surface area contributed by atoms with E-state index in [1.165, 1.54) is 0 Å². The molecule has 0 spiro atoms. The molecule has 0 saturated carbocycles. The molecule has 19 heavy (non-hydrogen) atoms. The number of aryl methyl sites for hydroxylation is 1. The van der Waals surface area contributed by atoms with Gasteiger partial charge in [0.05, 0.1) is 24.1 Å². The summed E-state index contributed by atoms with van der Waals surface area (Å²) < 4.78 is 7.10. The lowest BCUT2D eigenvalue weighted by Gasteiger charge is -2.01. The van der Waals surface area contributed by atoms with Crippen LogP contribution in [0.15, 0.2) is 24.3 Å². The van der Waals surface area contributed by atoms with E-state index < -0.39 is 0 Å². The topological polar surface area (TPSA) is 43.6 Å². The second kappa shape index (κ2) is 4.66. The standard InChI is InChI=1S/C14H14N2O2S/c1-3-18-13(17)8-12-9(2)16-11-7-5-4-6-10(11)15-14(16)19-12/h4-7H,3,8H2,1-2H3. The predicted octanol–water partition coefficient (Wildman–Crippen LogP) is 2.96. The molecule has 0 saturated heterocycles. The Hall–Kier alpha value is -1.88. The predicted molar refractivity (Wildman–Crippen MR) is 75.6 cm³/mol. The molecule has 0 amide bonds. The number of carbonyl (C=O) groups excluding carboxylic acids is 1. The molecule has 5 heteroatoms. The Balaban J connectivity index is 2.08. The molecule has 0 N–H and O–H groups in total. The molecule has 2 heterocycles. The average Bonchev–Trinajstić information content (AvgIpc) is 2.88. The highest BCUT2D eigenvalue weighted by Crippen LogP contribution is 2.27. The van der Waals surface area contributed by atoms with Gasteiger partial charge in [0.1, 0.15) is 0 Å². The minimum atomic E-state index is -0.181. The summed E-state index contributed by atoms with van der Waals surface area (Å²) in [7, 11) is 0. The molecular weight excluding hydrogens is 260 g/mol. The van der Waals surface area contributed by atoms with Gasteiger partial charge in [-0.2, -0.15) is 0 Å². The van der Waals surface area contributed by atoms with Gasteiger partial charge in [-0.1, -0.05) is 12.1 Å². The van der Waals surface area contributed by atoms with E-state index in [2.05, 4.69) is 9.38 Å². The van der Waals surface area contributed by atoms with Crippen LogP contribution in [-0.2, 0) is 16.0 Å². The molecule has 1 aromatic carbocycles. The average molecular weight is 274 g/mol. The zero-order chi connectivity index (χ0) is 13.4. The minimum Gasteiger partial charge on any atom is -0.466 e. The smallest absolute Gasteiger partial charge is 0.311 e. The van der Waals surface area contributed by atoms with E-state index >= 15 is 0 Å². The van der Waals surface area contributed by atoms with Gasteiger partial charge in [-0.25, -0.2) is 4.98 Å². The van der Waals surface area contributed by atoms with Crippen LogP contribution in [0.4, 0.5) is 0 Å². The Kier molecular flexibility index (Phi) is 2.98. The van der Waals surface area contributed by atoms with Gasteiger partial charge in [0, 0.05) is 10.6 Å². The number of esters is 1. The van der Waals surface area contributed by atoms with E-state index in [0.29, 0.717) is 13.0 Å². The molecule has 0 aliphatic heterocycles. The van der Waals surface area contributed by atoms with Crippen LogP contribution in [0.1, 0.15) is 17.5 Å². The van der Waals surface area contributed by atoms with Crippen molar-refractivity contribution in [1.29, 1.82) is 0 Å². The normalized spacial score (nSPS) is 11.3. The number of fused-ring (bicyclic) bond motifs is 3. The molecular formula is C14H14N2O2S. The van der Waals surface area contributed by atoms with Crippen molar-refractivity contribution in [2.24, 2.45) is 0 Å². The molecule has 0 radical (unpaired) electrons. The van der Waals surface area contributed by atoms with E-state index in [1.54, 1.807) is 11.3 Å². The van der Waals surface area contributed by atoms with Gasteiger partial charge in [-0.15, -0.1) is 11.3 Å². The highest BCUT2D eigenvalue weighted by Gasteiger charge is 2.16. The van der Waals surface area contributed by atoms with Crippen LogP contribution in [0.2, 0.25) is 0 Å². The Labute approximate surface area is 114 Å². The van der Waals surface area contributed by atoms with Gasteiger partial charge in [0.15, 0.2) is 4.96 Å². The fourth-order valence-corrected chi connectivity index (χ4v) is 3.33. The summed E-state index contributed by atoms with van der Waals surface area (Å²) in [5.74, 6) is -0.181. The molecule has 2 aromatic heterocycles. The van der Waals surface area contributed by atoms with E-state index in [4.69, 9.17) is 4.74 Å². The summed E-state index contributed by atoms with van der Waals surface area (Å²) in [4.78, 5) is 18.1. The van der Waals surface area contributed by atoms with Crippen molar-refractivity contribution < 1.29 is 9.53 Å². The SMILES string of the molecule is CCOC(=O)Cc1sc2nc3ccccc3n2c1C. The first-order valence-corrected chi connectivity index (χ1v) is 7.03. The fourth-order valence-electron chi connectivity index (χ4n) is 2.21. The van der Waals surface area contributed by atoms with Crippen LogP contribution in [0.25, 0.3) is 16.0 Å². The molecule has 0 aliphatic rings. The highest BCUT2D eigenvalue weighted by atomic mass is 32.1. The van der Waals surface area contributed by atoms with Crippen LogP contribution < -0.4 is 0 Å². The number of ether oxygens (including phenoxy) is 1. The summed E-state index contributed by atoms with van der Waals surface area (Å²) >= 11 is 1.55. The zero-order valence-corrected chi connectivity index (χ0v) is 11.7. The number of benzene rings is 1. The van der Waals surface area contributed by atoms with Gasteiger partial charge >= 0.3 is 5.97 Å². The Morgan fingerprint density at radius 1 is 1.42 bits per heavy atom. The monoisotopic (exact) mass is 274 g/mol. The van der Waals surface area contributed by atoms with Crippen molar-refractivity contribution in [3.05, 3.63) is 34.8 Å². The number of aromatic nitrogens is 2. The summed E-state index contributed by atoms with van der Waals surface area (Å²) in [6.45, 7) is 4.26. The number of imidazole rings is 1. The van der Waals surface area contributed by atoms with Gasteiger partial charge in [-0.05, 0) is 26.0 Å². The van der Waals surface area contributed by atoms with Gasteiger partial charge in [-0.3, -0.25) is 9.20 Å². The van der Waals surface area contributed by atoms with Crippen LogP contribution in [0, 0.1) is 6.92 Å². The van der Waals surface area contributed by atoms with Crippen molar-refractivity contribution in [2.75, 3.05) is 6.61 Å². The molecule has 0 aliphatic carbocycles. The molecule has 0 fully saturated rings. The Bertz CT molecular complexity index is 757. The maximum absolute atomic E-state index is 11.6.